The van der Waals surface area contributed by atoms with E-state index in [1.54, 1.807) is 0 Å². The molecule has 0 saturated heterocycles. The van der Waals surface area contributed by atoms with Crippen LogP contribution in [0.4, 0.5) is 10.1 Å². The maximum absolute atomic E-state index is 13.5. The predicted molar refractivity (Wildman–Crippen MR) is 63.1 cm³/mol. The first kappa shape index (κ1) is 13.5. The lowest BCUT2D eigenvalue weighted by atomic mass is 10.2. The molecule has 1 aromatic heterocycles. The molecule has 0 aliphatic rings. The largest absolute Gasteiger partial charge is 0.486 e. The quantitative estimate of drug-likeness (QED) is 0.667. The number of non-ortho nitro benzene ring substituents is 1. The molecule has 0 bridgehead atoms. The van der Waals surface area contributed by atoms with E-state index in [-0.39, 0.29) is 23.7 Å². The molecule has 2 aromatic rings. The Bertz CT molecular complexity index is 666. The van der Waals surface area contributed by atoms with Crippen LogP contribution in [0.1, 0.15) is 16.1 Å². The number of furan rings is 1. The second-order valence-corrected chi connectivity index (χ2v) is 3.74. The summed E-state index contributed by atoms with van der Waals surface area (Å²) >= 11 is 0. The number of nitro benzene ring substituents is 1. The summed E-state index contributed by atoms with van der Waals surface area (Å²) in [5, 5.41) is 19.3. The Balaban J connectivity index is 2.13. The number of carboxylic acids is 1. The minimum Gasteiger partial charge on any atom is -0.486 e. The molecule has 7 nitrogen and oxygen atoms in total. The maximum atomic E-state index is 13.5. The van der Waals surface area contributed by atoms with Gasteiger partial charge >= 0.3 is 5.97 Å². The molecule has 0 aliphatic carbocycles. The van der Waals surface area contributed by atoms with Crippen molar-refractivity contribution in [3.05, 3.63) is 57.8 Å². The van der Waals surface area contributed by atoms with Crippen molar-refractivity contribution in [1.29, 1.82) is 0 Å². The predicted octanol–water partition coefficient (Wildman–Crippen LogP) is 2.60. The van der Waals surface area contributed by atoms with Crippen molar-refractivity contribution in [2.24, 2.45) is 0 Å². The van der Waals surface area contributed by atoms with E-state index in [1.807, 2.05) is 0 Å². The summed E-state index contributed by atoms with van der Waals surface area (Å²) in [5.74, 6) is -2.68. The molecular formula is C12H8FNO6. The third-order valence-corrected chi connectivity index (χ3v) is 2.45. The fourth-order valence-electron chi connectivity index (χ4n) is 1.51. The number of hydrogen-bond donors (Lipinski definition) is 1. The Morgan fingerprint density at radius 3 is 2.80 bits per heavy atom. The number of aromatic carboxylic acids is 1. The average molecular weight is 281 g/mol. The van der Waals surface area contributed by atoms with E-state index in [4.69, 9.17) is 14.3 Å². The third kappa shape index (κ3) is 2.74. The molecule has 8 heteroatoms. The monoisotopic (exact) mass is 281 g/mol. The van der Waals surface area contributed by atoms with Gasteiger partial charge in [0.2, 0.25) is 5.76 Å². The van der Waals surface area contributed by atoms with Crippen LogP contribution in [0.2, 0.25) is 0 Å². The van der Waals surface area contributed by atoms with E-state index in [0.29, 0.717) is 0 Å². The first-order chi connectivity index (χ1) is 9.49. The number of nitrogens with zero attached hydrogens (tertiary/aromatic N) is 1. The second-order valence-electron chi connectivity index (χ2n) is 3.74. The lowest BCUT2D eigenvalue weighted by molar-refractivity contribution is -0.385. The SMILES string of the molecule is O=C(O)c1occc1COc1ccc([N+](=O)[O-])cc1F. The molecule has 1 aromatic carbocycles. The summed E-state index contributed by atoms with van der Waals surface area (Å²) in [6.45, 7) is -0.229. The van der Waals surface area contributed by atoms with Crippen LogP contribution >= 0.6 is 0 Å². The maximum Gasteiger partial charge on any atom is 0.372 e. The zero-order valence-corrected chi connectivity index (χ0v) is 9.91. The Morgan fingerprint density at radius 2 is 2.20 bits per heavy atom. The Kier molecular flexibility index (Phi) is 3.65. The van der Waals surface area contributed by atoms with Gasteiger partial charge in [0, 0.05) is 11.6 Å². The van der Waals surface area contributed by atoms with Gasteiger partial charge in [-0.1, -0.05) is 0 Å². The van der Waals surface area contributed by atoms with Crippen LogP contribution < -0.4 is 4.74 Å². The number of rotatable bonds is 5. The first-order valence-electron chi connectivity index (χ1n) is 5.35. The molecule has 104 valence electrons. The zero-order chi connectivity index (χ0) is 14.7. The topological polar surface area (TPSA) is 103 Å². The van der Waals surface area contributed by atoms with Crippen LogP contribution in [0.3, 0.4) is 0 Å². The van der Waals surface area contributed by atoms with Crippen molar-refractivity contribution in [1.82, 2.24) is 0 Å². The normalized spacial score (nSPS) is 10.2. The van der Waals surface area contributed by atoms with Crippen LogP contribution in [-0.2, 0) is 6.61 Å². The van der Waals surface area contributed by atoms with Crippen LogP contribution in [0.25, 0.3) is 0 Å². The lowest BCUT2D eigenvalue weighted by Gasteiger charge is -2.06. The Hall–Kier alpha value is -2.90. The Labute approximate surface area is 111 Å². The van der Waals surface area contributed by atoms with Gasteiger partial charge in [-0.2, -0.15) is 0 Å². The van der Waals surface area contributed by atoms with E-state index in [9.17, 15) is 19.3 Å². The summed E-state index contributed by atoms with van der Waals surface area (Å²) in [6, 6.07) is 4.30. The van der Waals surface area contributed by atoms with Gasteiger partial charge in [0.25, 0.3) is 5.69 Å². The molecule has 0 aliphatic heterocycles. The van der Waals surface area contributed by atoms with E-state index >= 15 is 0 Å². The number of nitro groups is 1. The lowest BCUT2D eigenvalue weighted by Crippen LogP contribution is -2.03. The molecule has 0 spiro atoms. The van der Waals surface area contributed by atoms with Crippen molar-refractivity contribution < 1.29 is 28.4 Å². The van der Waals surface area contributed by atoms with Gasteiger partial charge < -0.3 is 14.3 Å². The van der Waals surface area contributed by atoms with Gasteiger partial charge in [-0.05, 0) is 12.1 Å². The standard InChI is InChI=1S/C12H8FNO6/c13-9-5-8(14(17)18)1-2-10(9)20-6-7-3-4-19-11(7)12(15)16/h1-5H,6H2,(H,15,16). The van der Waals surface area contributed by atoms with Crippen molar-refractivity contribution in [3.8, 4) is 5.75 Å². The average Bonchev–Trinajstić information content (AvgIpc) is 2.85. The fraction of sp³-hybridized carbons (Fsp3) is 0.0833. The molecule has 0 fully saturated rings. The molecule has 20 heavy (non-hydrogen) atoms. The van der Waals surface area contributed by atoms with Gasteiger partial charge in [0.1, 0.15) is 6.61 Å². The highest BCUT2D eigenvalue weighted by molar-refractivity contribution is 5.86. The van der Waals surface area contributed by atoms with Gasteiger partial charge in [-0.25, -0.2) is 9.18 Å². The number of carboxylic acid groups (broad SMARTS) is 1. The molecule has 0 atom stereocenters. The zero-order valence-electron chi connectivity index (χ0n) is 9.91. The highest BCUT2D eigenvalue weighted by atomic mass is 19.1. The van der Waals surface area contributed by atoms with E-state index in [0.717, 1.165) is 18.2 Å². The number of benzene rings is 1. The summed E-state index contributed by atoms with van der Waals surface area (Å²) < 4.78 is 23.3. The van der Waals surface area contributed by atoms with E-state index in [1.165, 1.54) is 12.3 Å². The van der Waals surface area contributed by atoms with Crippen LogP contribution in [-0.4, -0.2) is 16.0 Å². The number of carbonyl (C=O) groups is 1. The van der Waals surface area contributed by atoms with Crippen LogP contribution in [0.5, 0.6) is 5.75 Å². The van der Waals surface area contributed by atoms with Gasteiger partial charge in [0.05, 0.1) is 17.3 Å². The highest BCUT2D eigenvalue weighted by Gasteiger charge is 2.16. The van der Waals surface area contributed by atoms with E-state index in [2.05, 4.69) is 0 Å². The minimum atomic E-state index is -1.27. The van der Waals surface area contributed by atoms with Crippen LogP contribution in [0, 0.1) is 15.9 Å². The molecule has 1 heterocycles. The fourth-order valence-corrected chi connectivity index (χ4v) is 1.51. The smallest absolute Gasteiger partial charge is 0.372 e. The summed E-state index contributed by atoms with van der Waals surface area (Å²) in [6.07, 6.45) is 1.17. The molecule has 2 rings (SSSR count). The van der Waals surface area contributed by atoms with Crippen molar-refractivity contribution in [2.75, 3.05) is 0 Å². The third-order valence-electron chi connectivity index (χ3n) is 2.45. The second kappa shape index (κ2) is 5.39. The number of hydrogen-bond acceptors (Lipinski definition) is 5. The van der Waals surface area contributed by atoms with Crippen molar-refractivity contribution >= 4 is 11.7 Å². The van der Waals surface area contributed by atoms with Crippen LogP contribution in [0.15, 0.2) is 34.9 Å². The summed E-state index contributed by atoms with van der Waals surface area (Å²) in [7, 11) is 0. The molecule has 0 unspecified atom stereocenters. The molecular weight excluding hydrogens is 273 g/mol. The van der Waals surface area contributed by atoms with Gasteiger partial charge in [-0.3, -0.25) is 10.1 Å². The van der Waals surface area contributed by atoms with Gasteiger partial charge in [-0.15, -0.1) is 0 Å². The molecule has 0 radical (unpaired) electrons. The Morgan fingerprint density at radius 1 is 1.45 bits per heavy atom. The van der Waals surface area contributed by atoms with E-state index < -0.39 is 22.4 Å². The summed E-state index contributed by atoms with van der Waals surface area (Å²) in [5.41, 5.74) is -0.167. The highest BCUT2D eigenvalue weighted by Crippen LogP contribution is 2.24. The number of halogens is 1. The minimum absolute atomic E-state index is 0.215. The van der Waals surface area contributed by atoms with Crippen molar-refractivity contribution in [2.45, 2.75) is 6.61 Å². The number of ether oxygens (including phenoxy) is 1. The van der Waals surface area contributed by atoms with Gasteiger partial charge in [0.15, 0.2) is 11.6 Å². The first-order valence-corrected chi connectivity index (χ1v) is 5.35. The van der Waals surface area contributed by atoms with Crippen molar-refractivity contribution in [3.63, 3.8) is 0 Å². The summed E-state index contributed by atoms with van der Waals surface area (Å²) in [4.78, 5) is 20.5. The molecule has 1 N–H and O–H groups in total. The molecule has 0 saturated carbocycles. The molecule has 0 amide bonds.